The average molecular weight is 380 g/mol. The van der Waals surface area contributed by atoms with Crippen molar-refractivity contribution in [2.45, 2.75) is 4.90 Å². The summed E-state index contributed by atoms with van der Waals surface area (Å²) in [5.74, 6) is 0.104. The molecule has 0 unspecified atom stereocenters. The minimum Gasteiger partial charge on any atom is -0.480 e. The molecule has 0 radical (unpaired) electrons. The maximum absolute atomic E-state index is 12.7. The summed E-state index contributed by atoms with van der Waals surface area (Å²) in [4.78, 5) is 4.43. The van der Waals surface area contributed by atoms with Crippen molar-refractivity contribution in [3.8, 4) is 23.2 Å². The number of aromatic nitrogens is 1. The molecule has 8 heteroatoms. The number of nitrogens with one attached hydrogen (secondary N) is 1. The molecule has 0 aliphatic rings. The van der Waals surface area contributed by atoms with Crippen molar-refractivity contribution in [2.75, 3.05) is 17.6 Å². The number of rotatable bonds is 5. The van der Waals surface area contributed by atoms with E-state index in [4.69, 9.17) is 10.5 Å². The van der Waals surface area contributed by atoms with Gasteiger partial charge in [-0.05, 0) is 30.3 Å². The summed E-state index contributed by atoms with van der Waals surface area (Å²) in [5.41, 5.74) is 7.51. The Kier molecular flexibility index (Phi) is 4.96. The predicted molar refractivity (Wildman–Crippen MR) is 103 cm³/mol. The maximum Gasteiger partial charge on any atom is 0.261 e. The van der Waals surface area contributed by atoms with Crippen molar-refractivity contribution in [1.82, 2.24) is 4.98 Å². The number of pyridine rings is 1. The Hall–Kier alpha value is -3.57. The second kappa shape index (κ2) is 7.35. The third-order valence-electron chi connectivity index (χ3n) is 3.78. The summed E-state index contributed by atoms with van der Waals surface area (Å²) in [5, 5.41) is 9.32. The zero-order chi connectivity index (χ0) is 19.4. The van der Waals surface area contributed by atoms with Gasteiger partial charge in [0, 0.05) is 11.3 Å². The van der Waals surface area contributed by atoms with Gasteiger partial charge in [-0.2, -0.15) is 5.26 Å². The number of hydrogen-bond acceptors (Lipinski definition) is 6. The summed E-state index contributed by atoms with van der Waals surface area (Å²) >= 11 is 0. The fraction of sp³-hybridized carbons (Fsp3) is 0.0526. The Balaban J connectivity index is 2.16. The van der Waals surface area contributed by atoms with Gasteiger partial charge in [0.25, 0.3) is 10.0 Å². The lowest BCUT2D eigenvalue weighted by Crippen LogP contribution is -2.14. The monoisotopic (exact) mass is 380 g/mol. The van der Waals surface area contributed by atoms with Crippen molar-refractivity contribution >= 4 is 21.4 Å². The first-order chi connectivity index (χ1) is 12.9. The van der Waals surface area contributed by atoms with Crippen LogP contribution >= 0.6 is 0 Å². The molecule has 3 rings (SSSR count). The number of nitrogens with zero attached hydrogens (tertiary/aromatic N) is 2. The molecule has 0 saturated heterocycles. The van der Waals surface area contributed by atoms with Gasteiger partial charge < -0.3 is 10.5 Å². The molecule has 0 aliphatic heterocycles. The highest BCUT2D eigenvalue weighted by Crippen LogP contribution is 2.33. The lowest BCUT2D eigenvalue weighted by atomic mass is 10.1. The van der Waals surface area contributed by atoms with Crippen molar-refractivity contribution in [2.24, 2.45) is 0 Å². The van der Waals surface area contributed by atoms with E-state index in [0.29, 0.717) is 16.9 Å². The Bertz CT molecular complexity index is 1110. The van der Waals surface area contributed by atoms with E-state index in [2.05, 4.69) is 9.71 Å². The lowest BCUT2D eigenvalue weighted by Gasteiger charge is -2.14. The van der Waals surface area contributed by atoms with Gasteiger partial charge in [-0.25, -0.2) is 13.4 Å². The molecular weight excluding hydrogens is 364 g/mol. The first-order valence-electron chi connectivity index (χ1n) is 7.87. The fourth-order valence-electron chi connectivity index (χ4n) is 2.47. The minimum atomic E-state index is -3.86. The fourth-order valence-corrected chi connectivity index (χ4v) is 3.55. The number of hydrogen-bond donors (Lipinski definition) is 2. The Morgan fingerprint density at radius 2 is 1.78 bits per heavy atom. The van der Waals surface area contributed by atoms with Crippen LogP contribution in [0, 0.1) is 11.3 Å². The summed E-state index contributed by atoms with van der Waals surface area (Å²) in [6.45, 7) is 0. The lowest BCUT2D eigenvalue weighted by molar-refractivity contribution is 0.397. The van der Waals surface area contributed by atoms with Gasteiger partial charge in [-0.1, -0.05) is 30.3 Å². The van der Waals surface area contributed by atoms with E-state index in [0.717, 1.165) is 0 Å². The smallest absolute Gasteiger partial charge is 0.261 e. The molecule has 0 bridgehead atoms. The zero-order valence-electron chi connectivity index (χ0n) is 14.4. The van der Waals surface area contributed by atoms with Crippen LogP contribution in [0.15, 0.2) is 65.6 Å². The van der Waals surface area contributed by atoms with Crippen LogP contribution in [0.1, 0.15) is 5.56 Å². The first-order valence-corrected chi connectivity index (χ1v) is 9.36. The van der Waals surface area contributed by atoms with Gasteiger partial charge >= 0.3 is 0 Å². The highest BCUT2D eigenvalue weighted by Gasteiger charge is 2.20. The molecule has 7 nitrogen and oxygen atoms in total. The van der Waals surface area contributed by atoms with Gasteiger partial charge in [-0.15, -0.1) is 0 Å². The molecule has 3 aromatic rings. The van der Waals surface area contributed by atoms with Gasteiger partial charge in [0.1, 0.15) is 11.6 Å². The zero-order valence-corrected chi connectivity index (χ0v) is 15.2. The number of nitriles is 1. The number of nitrogen functional groups attached to an aromatic ring is 1. The summed E-state index contributed by atoms with van der Waals surface area (Å²) in [7, 11) is -2.47. The van der Waals surface area contributed by atoms with Crippen molar-refractivity contribution in [3.05, 3.63) is 66.2 Å². The minimum absolute atomic E-state index is 0.0996. The molecule has 2 aromatic carbocycles. The summed E-state index contributed by atoms with van der Waals surface area (Å²) < 4.78 is 33.1. The standard InChI is InChI=1S/C19H16N4O3S/c1-26-19-14(12-20)11-17(18(22-19)13-7-9-15(21)10-8-13)23-27(24,25)16-5-3-2-4-6-16/h2-11,23H,21H2,1H3. The van der Waals surface area contributed by atoms with Crippen LogP contribution in [0.25, 0.3) is 11.3 Å². The van der Waals surface area contributed by atoms with Crippen LogP contribution in [0.4, 0.5) is 11.4 Å². The number of benzene rings is 2. The van der Waals surface area contributed by atoms with E-state index in [9.17, 15) is 13.7 Å². The molecule has 27 heavy (non-hydrogen) atoms. The number of ether oxygens (including phenoxy) is 1. The van der Waals surface area contributed by atoms with Gasteiger partial charge in [0.15, 0.2) is 0 Å². The molecule has 1 heterocycles. The molecular formula is C19H16N4O3S. The highest BCUT2D eigenvalue weighted by molar-refractivity contribution is 7.92. The maximum atomic E-state index is 12.7. The topological polar surface area (TPSA) is 118 Å². The van der Waals surface area contributed by atoms with Gasteiger partial charge in [0.2, 0.25) is 5.88 Å². The normalized spacial score (nSPS) is 10.8. The number of anilines is 2. The molecule has 136 valence electrons. The molecule has 1 aromatic heterocycles. The number of methoxy groups -OCH3 is 1. The third kappa shape index (κ3) is 3.83. The predicted octanol–water partition coefficient (Wildman–Crippen LogP) is 3.01. The Morgan fingerprint density at radius 3 is 2.37 bits per heavy atom. The van der Waals surface area contributed by atoms with E-state index >= 15 is 0 Å². The van der Waals surface area contributed by atoms with E-state index in [1.165, 1.54) is 25.3 Å². The van der Waals surface area contributed by atoms with Crippen LogP contribution < -0.4 is 15.2 Å². The van der Waals surface area contributed by atoms with E-state index in [1.807, 2.05) is 6.07 Å². The number of sulfonamides is 1. The van der Waals surface area contributed by atoms with Crippen molar-refractivity contribution in [1.29, 1.82) is 5.26 Å². The van der Waals surface area contributed by atoms with E-state index < -0.39 is 10.0 Å². The first kappa shape index (κ1) is 18.2. The third-order valence-corrected chi connectivity index (χ3v) is 5.16. The molecule has 0 fully saturated rings. The quantitative estimate of drug-likeness (QED) is 0.657. The van der Waals surface area contributed by atoms with Crippen LogP contribution in [0.5, 0.6) is 5.88 Å². The van der Waals surface area contributed by atoms with E-state index in [1.54, 1.807) is 42.5 Å². The van der Waals surface area contributed by atoms with E-state index in [-0.39, 0.29) is 22.0 Å². The molecule has 0 saturated carbocycles. The Morgan fingerprint density at radius 1 is 1.11 bits per heavy atom. The molecule has 0 spiro atoms. The second-order valence-electron chi connectivity index (χ2n) is 5.59. The number of nitrogens with two attached hydrogens (primary N) is 1. The SMILES string of the molecule is COc1nc(-c2ccc(N)cc2)c(NS(=O)(=O)c2ccccc2)cc1C#N. The van der Waals surface area contributed by atoms with Crippen LogP contribution in [0.2, 0.25) is 0 Å². The van der Waals surface area contributed by atoms with Crippen molar-refractivity contribution < 1.29 is 13.2 Å². The molecule has 3 N–H and O–H groups in total. The molecule has 0 atom stereocenters. The average Bonchev–Trinajstić information content (AvgIpc) is 2.69. The van der Waals surface area contributed by atoms with Gasteiger partial charge in [0.05, 0.1) is 23.4 Å². The summed E-state index contributed by atoms with van der Waals surface area (Å²) in [6.07, 6.45) is 0. The molecule has 0 amide bonds. The van der Waals surface area contributed by atoms with Crippen LogP contribution in [-0.2, 0) is 10.0 Å². The van der Waals surface area contributed by atoms with Crippen molar-refractivity contribution in [3.63, 3.8) is 0 Å². The summed E-state index contributed by atoms with van der Waals surface area (Å²) in [6, 6.07) is 18.1. The van der Waals surface area contributed by atoms with Crippen LogP contribution in [-0.4, -0.2) is 20.5 Å². The second-order valence-corrected chi connectivity index (χ2v) is 7.28. The van der Waals surface area contributed by atoms with Crippen LogP contribution in [0.3, 0.4) is 0 Å². The Labute approximate surface area is 157 Å². The largest absolute Gasteiger partial charge is 0.480 e. The van der Waals surface area contributed by atoms with Gasteiger partial charge in [-0.3, -0.25) is 4.72 Å². The highest BCUT2D eigenvalue weighted by atomic mass is 32.2. The molecule has 0 aliphatic carbocycles.